The molecule has 2 amide bonds. The highest BCUT2D eigenvalue weighted by molar-refractivity contribution is 6.03. The van der Waals surface area contributed by atoms with Crippen LogP contribution in [0.25, 0.3) is 0 Å². The monoisotopic (exact) mass is 262 g/mol. The average Bonchev–Trinajstić information content (AvgIpc) is 2.72. The van der Waals surface area contributed by atoms with Gasteiger partial charge in [-0.15, -0.1) is 0 Å². The standard InChI is InChI=1S/C14H15FN2O2/c15-8-14(5-2-6-14)13(19)17-11-4-1-3-9-10(11)7-16-12(9)18/h1,3-4H,2,5-8H2,(H,16,18)(H,17,19). The van der Waals surface area contributed by atoms with E-state index in [0.29, 0.717) is 30.6 Å². The van der Waals surface area contributed by atoms with Crippen molar-refractivity contribution in [3.8, 4) is 0 Å². The van der Waals surface area contributed by atoms with Gasteiger partial charge in [0, 0.05) is 23.4 Å². The summed E-state index contributed by atoms with van der Waals surface area (Å²) in [6.45, 7) is -0.210. The lowest BCUT2D eigenvalue weighted by Gasteiger charge is -2.37. The molecule has 1 aliphatic heterocycles. The number of carbonyl (C=O) groups is 2. The van der Waals surface area contributed by atoms with Crippen molar-refractivity contribution in [2.75, 3.05) is 12.0 Å². The summed E-state index contributed by atoms with van der Waals surface area (Å²) in [5.74, 6) is -0.399. The van der Waals surface area contributed by atoms with E-state index in [1.807, 2.05) is 0 Å². The predicted octanol–water partition coefficient (Wildman–Crippen LogP) is 2.01. The average molecular weight is 262 g/mol. The number of halogens is 1. The Balaban J connectivity index is 1.85. The SMILES string of the molecule is O=C1NCc2c(NC(=O)C3(CF)CCC3)cccc21. The molecule has 3 rings (SSSR count). The first-order chi connectivity index (χ1) is 9.16. The van der Waals surface area contributed by atoms with E-state index in [0.717, 1.165) is 12.0 Å². The van der Waals surface area contributed by atoms with Gasteiger partial charge in [0.2, 0.25) is 5.91 Å². The molecule has 0 unspecified atom stereocenters. The smallest absolute Gasteiger partial charge is 0.251 e. The molecular weight excluding hydrogens is 247 g/mol. The largest absolute Gasteiger partial charge is 0.348 e. The number of alkyl halides is 1. The minimum Gasteiger partial charge on any atom is -0.348 e. The number of rotatable bonds is 3. The number of carbonyl (C=O) groups excluding carboxylic acids is 2. The van der Waals surface area contributed by atoms with Crippen LogP contribution in [0.5, 0.6) is 0 Å². The quantitative estimate of drug-likeness (QED) is 0.875. The molecule has 1 aromatic rings. The van der Waals surface area contributed by atoms with Crippen LogP contribution in [0.15, 0.2) is 18.2 Å². The number of benzene rings is 1. The van der Waals surface area contributed by atoms with Gasteiger partial charge in [-0.2, -0.15) is 0 Å². The Kier molecular flexibility index (Phi) is 2.77. The van der Waals surface area contributed by atoms with E-state index in [1.165, 1.54) is 0 Å². The molecule has 4 nitrogen and oxygen atoms in total. The van der Waals surface area contributed by atoms with Crippen LogP contribution in [-0.2, 0) is 11.3 Å². The van der Waals surface area contributed by atoms with Gasteiger partial charge < -0.3 is 10.6 Å². The van der Waals surface area contributed by atoms with Crippen molar-refractivity contribution >= 4 is 17.5 Å². The van der Waals surface area contributed by atoms with E-state index < -0.39 is 12.1 Å². The Morgan fingerprint density at radius 1 is 1.42 bits per heavy atom. The van der Waals surface area contributed by atoms with Gasteiger partial charge in [0.15, 0.2) is 0 Å². The molecule has 1 heterocycles. The number of fused-ring (bicyclic) bond motifs is 1. The predicted molar refractivity (Wildman–Crippen MR) is 68.5 cm³/mol. The Labute approximate surface area is 110 Å². The summed E-state index contributed by atoms with van der Waals surface area (Å²) >= 11 is 0. The van der Waals surface area contributed by atoms with Crippen LogP contribution in [0, 0.1) is 5.41 Å². The van der Waals surface area contributed by atoms with Crippen LogP contribution in [0.3, 0.4) is 0 Å². The zero-order valence-corrected chi connectivity index (χ0v) is 10.5. The molecule has 1 fully saturated rings. The van der Waals surface area contributed by atoms with Gasteiger partial charge in [-0.05, 0) is 25.0 Å². The molecular formula is C14H15FN2O2. The highest BCUT2D eigenvalue weighted by Gasteiger charge is 2.44. The van der Waals surface area contributed by atoms with Crippen molar-refractivity contribution in [1.82, 2.24) is 5.32 Å². The second-order valence-corrected chi connectivity index (χ2v) is 5.24. The van der Waals surface area contributed by atoms with E-state index in [1.54, 1.807) is 18.2 Å². The fraction of sp³-hybridized carbons (Fsp3) is 0.429. The van der Waals surface area contributed by atoms with Crippen molar-refractivity contribution in [3.05, 3.63) is 29.3 Å². The Morgan fingerprint density at radius 3 is 2.84 bits per heavy atom. The zero-order valence-electron chi connectivity index (χ0n) is 10.5. The molecule has 2 N–H and O–H groups in total. The van der Waals surface area contributed by atoms with Gasteiger partial charge in [-0.1, -0.05) is 12.5 Å². The highest BCUT2D eigenvalue weighted by Crippen LogP contribution is 2.42. The van der Waals surface area contributed by atoms with Gasteiger partial charge >= 0.3 is 0 Å². The number of hydrogen-bond donors (Lipinski definition) is 2. The van der Waals surface area contributed by atoms with Crippen molar-refractivity contribution in [2.24, 2.45) is 5.41 Å². The lowest BCUT2D eigenvalue weighted by Crippen LogP contribution is -2.43. The van der Waals surface area contributed by atoms with E-state index in [9.17, 15) is 14.0 Å². The molecule has 19 heavy (non-hydrogen) atoms. The third-order valence-corrected chi connectivity index (χ3v) is 4.14. The summed E-state index contributed by atoms with van der Waals surface area (Å²) in [6.07, 6.45) is 2.09. The third kappa shape index (κ3) is 1.80. The van der Waals surface area contributed by atoms with Crippen molar-refractivity contribution in [1.29, 1.82) is 0 Å². The van der Waals surface area contributed by atoms with Crippen LogP contribution in [0.2, 0.25) is 0 Å². The number of amides is 2. The number of nitrogens with one attached hydrogen (secondary N) is 2. The Bertz CT molecular complexity index is 547. The van der Waals surface area contributed by atoms with Gasteiger partial charge in [-0.25, -0.2) is 4.39 Å². The molecule has 2 aliphatic rings. The summed E-state index contributed by atoms with van der Waals surface area (Å²) in [4.78, 5) is 23.7. The topological polar surface area (TPSA) is 58.2 Å². The van der Waals surface area contributed by atoms with Gasteiger partial charge in [0.25, 0.3) is 5.91 Å². The highest BCUT2D eigenvalue weighted by atomic mass is 19.1. The fourth-order valence-electron chi connectivity index (χ4n) is 2.65. The van der Waals surface area contributed by atoms with Crippen molar-refractivity contribution < 1.29 is 14.0 Å². The molecule has 1 saturated carbocycles. The Hall–Kier alpha value is -1.91. The van der Waals surface area contributed by atoms with Gasteiger partial charge in [0.05, 0.1) is 5.41 Å². The Morgan fingerprint density at radius 2 is 2.21 bits per heavy atom. The second kappa shape index (κ2) is 4.33. The maximum atomic E-state index is 13.1. The molecule has 5 heteroatoms. The molecule has 0 saturated heterocycles. The van der Waals surface area contributed by atoms with Crippen LogP contribution in [-0.4, -0.2) is 18.5 Å². The van der Waals surface area contributed by atoms with Crippen molar-refractivity contribution in [3.63, 3.8) is 0 Å². The van der Waals surface area contributed by atoms with E-state index >= 15 is 0 Å². The van der Waals surface area contributed by atoms with Gasteiger partial charge in [-0.3, -0.25) is 9.59 Å². The summed E-state index contributed by atoms with van der Waals surface area (Å²) in [6, 6.07) is 5.20. The summed E-state index contributed by atoms with van der Waals surface area (Å²) in [5, 5.41) is 5.50. The van der Waals surface area contributed by atoms with E-state index in [-0.39, 0.29) is 11.8 Å². The number of anilines is 1. The van der Waals surface area contributed by atoms with Crippen molar-refractivity contribution in [2.45, 2.75) is 25.8 Å². The maximum Gasteiger partial charge on any atom is 0.251 e. The molecule has 0 bridgehead atoms. The first-order valence-corrected chi connectivity index (χ1v) is 6.44. The molecule has 0 radical (unpaired) electrons. The van der Waals surface area contributed by atoms with Crippen LogP contribution < -0.4 is 10.6 Å². The summed E-state index contributed by atoms with van der Waals surface area (Å²) in [5.41, 5.74) is 1.13. The van der Waals surface area contributed by atoms with Crippen LogP contribution >= 0.6 is 0 Å². The molecule has 0 atom stereocenters. The van der Waals surface area contributed by atoms with E-state index in [2.05, 4.69) is 10.6 Å². The minimum absolute atomic E-state index is 0.130. The maximum absolute atomic E-state index is 13.1. The van der Waals surface area contributed by atoms with E-state index in [4.69, 9.17) is 0 Å². The lowest BCUT2D eigenvalue weighted by atomic mass is 9.69. The zero-order chi connectivity index (χ0) is 13.5. The first-order valence-electron chi connectivity index (χ1n) is 6.44. The summed E-state index contributed by atoms with van der Waals surface area (Å²) < 4.78 is 13.1. The van der Waals surface area contributed by atoms with Gasteiger partial charge in [0.1, 0.15) is 6.67 Å². The molecule has 0 aromatic heterocycles. The van der Waals surface area contributed by atoms with Crippen LogP contribution in [0.1, 0.15) is 35.2 Å². The third-order valence-electron chi connectivity index (χ3n) is 4.14. The molecule has 0 spiro atoms. The fourth-order valence-corrected chi connectivity index (χ4v) is 2.65. The minimum atomic E-state index is -0.848. The molecule has 100 valence electrons. The van der Waals surface area contributed by atoms with Crippen LogP contribution in [0.4, 0.5) is 10.1 Å². The lowest BCUT2D eigenvalue weighted by molar-refractivity contribution is -0.131. The first kappa shape index (κ1) is 12.1. The second-order valence-electron chi connectivity index (χ2n) is 5.24. The summed E-state index contributed by atoms with van der Waals surface area (Å²) in [7, 11) is 0. The normalized spacial score (nSPS) is 19.3. The molecule has 1 aliphatic carbocycles. The molecule has 1 aromatic carbocycles. The number of hydrogen-bond acceptors (Lipinski definition) is 2.